The Kier molecular flexibility index (Phi) is 8.18. The number of fused-ring (bicyclic) bond motifs is 2. The second-order valence-corrected chi connectivity index (χ2v) is 11.6. The highest BCUT2D eigenvalue weighted by Crippen LogP contribution is 2.39. The molecule has 0 aromatic heterocycles. The molecule has 2 aliphatic rings. The average Bonchev–Trinajstić information content (AvgIpc) is 3.21. The van der Waals surface area contributed by atoms with Crippen molar-refractivity contribution in [3.05, 3.63) is 83.4 Å². The normalized spacial score (nSPS) is 20.4. The zero-order valence-electron chi connectivity index (χ0n) is 22.7. The lowest BCUT2D eigenvalue weighted by atomic mass is 9.97. The van der Waals surface area contributed by atoms with Crippen molar-refractivity contribution in [3.63, 3.8) is 0 Å². The molecule has 5 nitrogen and oxygen atoms in total. The van der Waals surface area contributed by atoms with Gasteiger partial charge in [-0.15, -0.1) is 11.8 Å². The second-order valence-electron chi connectivity index (χ2n) is 10.5. The van der Waals surface area contributed by atoms with Crippen LogP contribution in [-0.4, -0.2) is 43.2 Å². The predicted octanol–water partition coefficient (Wildman–Crippen LogP) is 7.33. The van der Waals surface area contributed by atoms with E-state index in [2.05, 4.69) is 49.1 Å². The molecular weight excluding hydrogens is 494 g/mol. The number of carbonyl (C=O) groups is 1. The first-order valence-electron chi connectivity index (χ1n) is 13.5. The lowest BCUT2D eigenvalue weighted by Crippen LogP contribution is -2.49. The van der Waals surface area contributed by atoms with Crippen LogP contribution in [0, 0.1) is 0 Å². The molecule has 2 bridgehead atoms. The molecule has 0 N–H and O–H groups in total. The monoisotopic (exact) mass is 531 g/mol. The summed E-state index contributed by atoms with van der Waals surface area (Å²) in [6.45, 7) is 4.40. The number of methoxy groups -OCH3 is 2. The van der Waals surface area contributed by atoms with Gasteiger partial charge in [-0.3, -0.25) is 4.79 Å². The molecule has 1 amide bonds. The van der Waals surface area contributed by atoms with Crippen molar-refractivity contribution >= 4 is 17.7 Å². The fraction of sp³-hybridized carbons (Fsp3) is 0.406. The van der Waals surface area contributed by atoms with Crippen molar-refractivity contribution in [1.29, 1.82) is 0 Å². The Balaban J connectivity index is 1.19. The molecule has 3 aromatic rings. The fourth-order valence-corrected chi connectivity index (χ4v) is 6.65. The van der Waals surface area contributed by atoms with Gasteiger partial charge in [-0.05, 0) is 66.3 Å². The standard InChI is InChI=1S/C32H37NO4S/c1-21(2)28-7-5-6-8-29(28)37-26-17-24-13-14-25(18-26)33(24)32(34)23-11-9-22(10-12-23)20-38-27-15-16-30(35-3)31(19-27)36-4/h5-12,15-16,19,21,24-26H,13-14,17-18,20H2,1-4H3. The van der Waals surface area contributed by atoms with E-state index in [9.17, 15) is 4.79 Å². The molecule has 2 heterocycles. The van der Waals surface area contributed by atoms with Gasteiger partial charge in [-0.1, -0.05) is 44.2 Å². The van der Waals surface area contributed by atoms with Crippen molar-refractivity contribution in [2.75, 3.05) is 14.2 Å². The lowest BCUT2D eigenvalue weighted by molar-refractivity contribution is 0.0356. The van der Waals surface area contributed by atoms with E-state index in [0.29, 0.717) is 5.92 Å². The molecule has 5 rings (SSSR count). The van der Waals surface area contributed by atoms with Gasteiger partial charge in [0.05, 0.1) is 14.2 Å². The zero-order valence-corrected chi connectivity index (χ0v) is 23.5. The third-order valence-corrected chi connectivity index (χ3v) is 8.79. The van der Waals surface area contributed by atoms with Crippen molar-refractivity contribution < 1.29 is 19.0 Å². The molecule has 3 aromatic carbocycles. The summed E-state index contributed by atoms with van der Waals surface area (Å²) in [5, 5.41) is 0. The molecule has 0 spiro atoms. The summed E-state index contributed by atoms with van der Waals surface area (Å²) in [6, 6.07) is 22.9. The first-order valence-corrected chi connectivity index (χ1v) is 14.5. The van der Waals surface area contributed by atoms with E-state index >= 15 is 0 Å². The highest BCUT2D eigenvalue weighted by atomic mass is 32.2. The van der Waals surface area contributed by atoms with Crippen LogP contribution in [0.25, 0.3) is 0 Å². The van der Waals surface area contributed by atoms with Gasteiger partial charge in [0.2, 0.25) is 0 Å². The molecule has 0 aliphatic carbocycles. The van der Waals surface area contributed by atoms with Gasteiger partial charge in [0, 0.05) is 41.1 Å². The van der Waals surface area contributed by atoms with Gasteiger partial charge >= 0.3 is 0 Å². The van der Waals surface area contributed by atoms with E-state index in [0.717, 1.165) is 59.1 Å². The highest BCUT2D eigenvalue weighted by Gasteiger charge is 2.44. The first kappa shape index (κ1) is 26.5. The van der Waals surface area contributed by atoms with Crippen LogP contribution in [0.15, 0.2) is 71.6 Å². The van der Waals surface area contributed by atoms with Crippen molar-refractivity contribution in [1.82, 2.24) is 4.90 Å². The number of amides is 1. The Hall–Kier alpha value is -3.12. The number of para-hydroxylation sites is 1. The maximum atomic E-state index is 13.5. The molecule has 2 aliphatic heterocycles. The number of piperidine rings is 1. The van der Waals surface area contributed by atoms with E-state index in [1.54, 1.807) is 26.0 Å². The Morgan fingerprint density at radius 3 is 2.24 bits per heavy atom. The van der Waals surface area contributed by atoms with Crippen LogP contribution < -0.4 is 14.2 Å². The summed E-state index contributed by atoms with van der Waals surface area (Å²) in [5.41, 5.74) is 3.20. The maximum Gasteiger partial charge on any atom is 0.254 e. The van der Waals surface area contributed by atoms with Crippen LogP contribution in [0.5, 0.6) is 17.2 Å². The molecule has 2 atom stereocenters. The summed E-state index contributed by atoms with van der Waals surface area (Å²) in [6.07, 6.45) is 4.07. The minimum absolute atomic E-state index is 0.151. The minimum Gasteiger partial charge on any atom is -0.493 e. The number of ether oxygens (including phenoxy) is 3. The molecule has 38 heavy (non-hydrogen) atoms. The summed E-state index contributed by atoms with van der Waals surface area (Å²) in [5.74, 6) is 3.84. The summed E-state index contributed by atoms with van der Waals surface area (Å²) in [7, 11) is 3.29. The number of benzene rings is 3. The van der Waals surface area contributed by atoms with Gasteiger partial charge in [-0.2, -0.15) is 0 Å². The molecule has 2 fully saturated rings. The zero-order chi connectivity index (χ0) is 26.6. The molecule has 0 radical (unpaired) electrons. The Morgan fingerprint density at radius 2 is 1.58 bits per heavy atom. The largest absolute Gasteiger partial charge is 0.493 e. The Morgan fingerprint density at radius 1 is 0.895 bits per heavy atom. The SMILES string of the molecule is COc1ccc(SCc2ccc(C(=O)N3C4CCC3CC(Oc3ccccc3C(C)C)C4)cc2)cc1OC. The van der Waals surface area contributed by atoms with Gasteiger partial charge in [0.15, 0.2) is 11.5 Å². The maximum absolute atomic E-state index is 13.5. The lowest BCUT2D eigenvalue weighted by Gasteiger charge is -2.39. The van der Waals surface area contributed by atoms with E-state index in [1.807, 2.05) is 36.4 Å². The van der Waals surface area contributed by atoms with E-state index in [1.165, 1.54) is 11.1 Å². The van der Waals surface area contributed by atoms with Gasteiger partial charge in [0.1, 0.15) is 11.9 Å². The number of carbonyl (C=O) groups excluding carboxylic acids is 1. The van der Waals surface area contributed by atoms with Gasteiger partial charge in [0.25, 0.3) is 5.91 Å². The number of hydrogen-bond acceptors (Lipinski definition) is 5. The minimum atomic E-state index is 0.151. The van der Waals surface area contributed by atoms with Crippen molar-refractivity contribution in [3.8, 4) is 17.2 Å². The van der Waals surface area contributed by atoms with Gasteiger partial charge < -0.3 is 19.1 Å². The van der Waals surface area contributed by atoms with E-state index < -0.39 is 0 Å². The number of nitrogens with zero attached hydrogens (tertiary/aromatic N) is 1. The second kappa shape index (κ2) is 11.7. The van der Waals surface area contributed by atoms with Crippen molar-refractivity contribution in [2.24, 2.45) is 0 Å². The predicted molar refractivity (Wildman–Crippen MR) is 153 cm³/mol. The smallest absolute Gasteiger partial charge is 0.254 e. The number of rotatable bonds is 9. The Bertz CT molecular complexity index is 1240. The Labute approximate surface area is 230 Å². The quantitative estimate of drug-likeness (QED) is 0.271. The summed E-state index contributed by atoms with van der Waals surface area (Å²) >= 11 is 1.73. The molecular formula is C32H37NO4S. The van der Waals surface area contributed by atoms with Crippen LogP contribution >= 0.6 is 11.8 Å². The molecule has 2 unspecified atom stereocenters. The molecule has 200 valence electrons. The molecule has 6 heteroatoms. The van der Waals surface area contributed by atoms with Crippen molar-refractivity contribution in [2.45, 2.75) is 74.3 Å². The molecule has 0 saturated carbocycles. The number of hydrogen-bond donors (Lipinski definition) is 0. The number of thioether (sulfide) groups is 1. The van der Waals surface area contributed by atoms with E-state index in [-0.39, 0.29) is 24.1 Å². The van der Waals surface area contributed by atoms with Crippen LogP contribution in [-0.2, 0) is 5.75 Å². The van der Waals surface area contributed by atoms with E-state index in [4.69, 9.17) is 14.2 Å². The van der Waals surface area contributed by atoms with Crippen LogP contribution in [0.3, 0.4) is 0 Å². The van der Waals surface area contributed by atoms with Crippen LogP contribution in [0.1, 0.15) is 66.9 Å². The third-order valence-electron chi connectivity index (χ3n) is 7.72. The highest BCUT2D eigenvalue weighted by molar-refractivity contribution is 7.98. The van der Waals surface area contributed by atoms with Crippen LogP contribution in [0.4, 0.5) is 0 Å². The fourth-order valence-electron chi connectivity index (χ4n) is 5.76. The van der Waals surface area contributed by atoms with Crippen LogP contribution in [0.2, 0.25) is 0 Å². The average molecular weight is 532 g/mol. The molecule has 2 saturated heterocycles. The first-order chi connectivity index (χ1) is 18.5. The summed E-state index contributed by atoms with van der Waals surface area (Å²) < 4.78 is 17.3. The van der Waals surface area contributed by atoms with Gasteiger partial charge in [-0.25, -0.2) is 0 Å². The topological polar surface area (TPSA) is 48.0 Å². The summed E-state index contributed by atoms with van der Waals surface area (Å²) in [4.78, 5) is 16.8. The third kappa shape index (κ3) is 5.65.